The van der Waals surface area contributed by atoms with Gasteiger partial charge in [0.05, 0.1) is 14.2 Å². The fraction of sp³-hybridized carbons (Fsp3) is 0.0870. The highest BCUT2D eigenvalue weighted by atomic mass is 16.5. The smallest absolute Gasteiger partial charge is 0.193 e. The number of rotatable bonds is 6. The molecule has 0 amide bonds. The van der Waals surface area contributed by atoms with Crippen LogP contribution in [-0.4, -0.2) is 25.1 Å². The Bertz CT molecular complexity index is 957. The Hall–Kier alpha value is -3.53. The van der Waals surface area contributed by atoms with Crippen LogP contribution < -0.4 is 9.47 Å². The summed E-state index contributed by atoms with van der Waals surface area (Å²) in [5.74, 6) is 1.21. The third-order valence-electron chi connectivity index (χ3n) is 4.18. The van der Waals surface area contributed by atoms with Crippen LogP contribution >= 0.6 is 0 Å². The molecule has 0 radical (unpaired) electrons. The van der Waals surface area contributed by atoms with E-state index in [-0.39, 0.29) is 11.5 Å². The lowest BCUT2D eigenvalue weighted by Gasteiger charge is -2.10. The molecule has 3 aromatic carbocycles. The number of phenols is 1. The van der Waals surface area contributed by atoms with Gasteiger partial charge in [0.1, 0.15) is 5.75 Å². The number of hydrogen-bond acceptors (Lipinski definition) is 4. The first-order valence-corrected chi connectivity index (χ1v) is 8.45. The lowest BCUT2D eigenvalue weighted by molar-refractivity contribution is 0.105. The largest absolute Gasteiger partial charge is 0.508 e. The van der Waals surface area contributed by atoms with E-state index in [1.807, 2.05) is 48.5 Å². The predicted octanol–water partition coefficient (Wildman–Crippen LogP) is 4.83. The number of ketones is 1. The number of hydrogen-bond donors (Lipinski definition) is 1. The monoisotopic (exact) mass is 360 g/mol. The maximum atomic E-state index is 13.1. The summed E-state index contributed by atoms with van der Waals surface area (Å²) in [5, 5.41) is 9.48. The number of aromatic hydroxyl groups is 1. The van der Waals surface area contributed by atoms with E-state index >= 15 is 0 Å². The maximum Gasteiger partial charge on any atom is 0.193 e. The van der Waals surface area contributed by atoms with Crippen molar-refractivity contribution >= 4 is 17.4 Å². The molecule has 4 heteroatoms. The van der Waals surface area contributed by atoms with Crippen LogP contribution in [0.25, 0.3) is 11.6 Å². The molecule has 0 atom stereocenters. The Balaban J connectivity index is 2.09. The summed E-state index contributed by atoms with van der Waals surface area (Å²) in [4.78, 5) is 13.1. The molecular formula is C23H20O4. The van der Waals surface area contributed by atoms with Crippen LogP contribution in [0, 0.1) is 0 Å². The standard InChI is InChI=1S/C23H20O4/c1-26-21-13-8-16(15-22(21)27-2)14-20(17-6-4-3-5-7-17)23(25)18-9-11-19(24)12-10-18/h3-15,24H,1-2H3/b20-14-. The molecule has 0 bridgehead atoms. The zero-order chi connectivity index (χ0) is 19.2. The molecule has 0 fully saturated rings. The molecule has 0 heterocycles. The molecule has 0 aliphatic carbocycles. The number of carbonyl (C=O) groups excluding carboxylic acids is 1. The summed E-state index contributed by atoms with van der Waals surface area (Å²) >= 11 is 0. The van der Waals surface area contributed by atoms with Crippen LogP contribution in [0.2, 0.25) is 0 Å². The summed E-state index contributed by atoms with van der Waals surface area (Å²) < 4.78 is 10.6. The SMILES string of the molecule is COc1ccc(/C=C(\C(=O)c2ccc(O)cc2)c2ccccc2)cc1OC. The van der Waals surface area contributed by atoms with Crippen LogP contribution in [0.15, 0.2) is 72.8 Å². The van der Waals surface area contributed by atoms with Gasteiger partial charge in [0.15, 0.2) is 17.3 Å². The van der Waals surface area contributed by atoms with Gasteiger partial charge in [0.25, 0.3) is 0 Å². The highest BCUT2D eigenvalue weighted by molar-refractivity contribution is 6.32. The Kier molecular flexibility index (Phi) is 5.57. The van der Waals surface area contributed by atoms with Crippen LogP contribution in [0.4, 0.5) is 0 Å². The van der Waals surface area contributed by atoms with Crippen molar-refractivity contribution in [1.82, 2.24) is 0 Å². The van der Waals surface area contributed by atoms with E-state index in [9.17, 15) is 9.90 Å². The first-order chi connectivity index (χ1) is 13.1. The second-order valence-electron chi connectivity index (χ2n) is 5.91. The Labute approximate surface area is 158 Å². The molecule has 0 aromatic heterocycles. The molecule has 3 rings (SSSR count). The van der Waals surface area contributed by atoms with E-state index in [0.717, 1.165) is 11.1 Å². The second kappa shape index (κ2) is 8.23. The van der Waals surface area contributed by atoms with Crippen LogP contribution in [0.5, 0.6) is 17.2 Å². The molecule has 4 nitrogen and oxygen atoms in total. The van der Waals surface area contributed by atoms with Crippen molar-refractivity contribution in [2.45, 2.75) is 0 Å². The van der Waals surface area contributed by atoms with Gasteiger partial charge in [-0.2, -0.15) is 0 Å². The Morgan fingerprint density at radius 3 is 2.11 bits per heavy atom. The van der Waals surface area contributed by atoms with Gasteiger partial charge in [-0.1, -0.05) is 36.4 Å². The zero-order valence-corrected chi connectivity index (χ0v) is 15.2. The zero-order valence-electron chi connectivity index (χ0n) is 15.2. The minimum Gasteiger partial charge on any atom is -0.508 e. The number of benzene rings is 3. The predicted molar refractivity (Wildman–Crippen MR) is 106 cm³/mol. The number of methoxy groups -OCH3 is 2. The highest BCUT2D eigenvalue weighted by Gasteiger charge is 2.15. The topological polar surface area (TPSA) is 55.8 Å². The van der Waals surface area contributed by atoms with Gasteiger partial charge in [-0.15, -0.1) is 0 Å². The average Bonchev–Trinajstić information content (AvgIpc) is 2.72. The molecule has 0 saturated heterocycles. The summed E-state index contributed by atoms with van der Waals surface area (Å²) in [6.07, 6.45) is 1.83. The molecule has 27 heavy (non-hydrogen) atoms. The molecule has 0 saturated carbocycles. The second-order valence-corrected chi connectivity index (χ2v) is 5.91. The van der Waals surface area contributed by atoms with Gasteiger partial charge in [-0.3, -0.25) is 4.79 Å². The van der Waals surface area contributed by atoms with Crippen molar-refractivity contribution in [2.24, 2.45) is 0 Å². The number of ether oxygens (including phenoxy) is 2. The van der Waals surface area contributed by atoms with Crippen molar-refractivity contribution in [3.8, 4) is 17.2 Å². The molecule has 3 aromatic rings. The molecule has 0 spiro atoms. The van der Waals surface area contributed by atoms with Crippen molar-refractivity contribution in [1.29, 1.82) is 0 Å². The van der Waals surface area contributed by atoms with E-state index in [0.29, 0.717) is 22.6 Å². The van der Waals surface area contributed by atoms with Crippen molar-refractivity contribution < 1.29 is 19.4 Å². The first kappa shape index (κ1) is 18.3. The third-order valence-corrected chi connectivity index (χ3v) is 4.18. The molecule has 1 N–H and O–H groups in total. The average molecular weight is 360 g/mol. The summed E-state index contributed by atoms with van der Waals surface area (Å²) in [7, 11) is 3.15. The van der Waals surface area contributed by atoms with E-state index < -0.39 is 0 Å². The van der Waals surface area contributed by atoms with Gasteiger partial charge in [-0.05, 0) is 53.6 Å². The summed E-state index contributed by atoms with van der Waals surface area (Å²) in [5.41, 5.74) is 2.68. The van der Waals surface area contributed by atoms with Crippen LogP contribution in [0.1, 0.15) is 21.5 Å². The lowest BCUT2D eigenvalue weighted by atomic mass is 9.94. The van der Waals surface area contributed by atoms with Crippen molar-refractivity contribution in [3.63, 3.8) is 0 Å². The molecular weight excluding hydrogens is 340 g/mol. The van der Waals surface area contributed by atoms with E-state index in [1.165, 1.54) is 12.1 Å². The normalized spacial score (nSPS) is 11.1. The number of phenolic OH excluding ortho intramolecular Hbond substituents is 1. The van der Waals surface area contributed by atoms with E-state index in [1.54, 1.807) is 32.4 Å². The van der Waals surface area contributed by atoms with Crippen LogP contribution in [0.3, 0.4) is 0 Å². The highest BCUT2D eigenvalue weighted by Crippen LogP contribution is 2.30. The van der Waals surface area contributed by atoms with Crippen LogP contribution in [-0.2, 0) is 0 Å². The van der Waals surface area contributed by atoms with Gasteiger partial charge in [0.2, 0.25) is 0 Å². The third kappa shape index (κ3) is 4.18. The minimum atomic E-state index is -0.129. The number of Topliss-reactive ketones (excluding diaryl/α,β-unsaturated/α-hetero) is 1. The Morgan fingerprint density at radius 1 is 0.815 bits per heavy atom. The van der Waals surface area contributed by atoms with Crippen molar-refractivity contribution in [3.05, 3.63) is 89.5 Å². The van der Waals surface area contributed by atoms with Crippen molar-refractivity contribution in [2.75, 3.05) is 14.2 Å². The maximum absolute atomic E-state index is 13.1. The van der Waals surface area contributed by atoms with E-state index in [4.69, 9.17) is 9.47 Å². The Morgan fingerprint density at radius 2 is 1.48 bits per heavy atom. The number of carbonyl (C=O) groups is 1. The molecule has 0 aliphatic rings. The molecule has 136 valence electrons. The molecule has 0 aliphatic heterocycles. The molecule has 0 unspecified atom stereocenters. The summed E-state index contributed by atoms with van der Waals surface area (Å²) in [6.45, 7) is 0. The summed E-state index contributed by atoms with van der Waals surface area (Å²) in [6, 6.07) is 21.2. The van der Waals surface area contributed by atoms with Gasteiger partial charge < -0.3 is 14.6 Å². The van der Waals surface area contributed by atoms with Gasteiger partial charge in [0, 0.05) is 11.1 Å². The van der Waals surface area contributed by atoms with Gasteiger partial charge >= 0.3 is 0 Å². The fourth-order valence-corrected chi connectivity index (χ4v) is 2.78. The lowest BCUT2D eigenvalue weighted by Crippen LogP contribution is -2.03. The minimum absolute atomic E-state index is 0.122. The first-order valence-electron chi connectivity index (χ1n) is 8.45. The quantitative estimate of drug-likeness (QED) is 0.388. The fourth-order valence-electron chi connectivity index (χ4n) is 2.78. The van der Waals surface area contributed by atoms with E-state index in [2.05, 4.69) is 0 Å². The van der Waals surface area contributed by atoms with Gasteiger partial charge in [-0.25, -0.2) is 0 Å². The number of allylic oxidation sites excluding steroid dienone is 1.